The topological polar surface area (TPSA) is 107 Å². The Labute approximate surface area is 109 Å². The number of carbonyl (C=O) groups is 1. The zero-order valence-corrected chi connectivity index (χ0v) is 10.3. The molecule has 0 aromatic heterocycles. The number of hydrogen-bond acceptors (Lipinski definition) is 5. The van der Waals surface area contributed by atoms with E-state index in [4.69, 9.17) is 10.5 Å². The highest BCUT2D eigenvalue weighted by Gasteiger charge is 2.22. The number of primary amides is 1. The number of amides is 1. The number of benzene rings is 1. The van der Waals surface area contributed by atoms with E-state index in [-0.39, 0.29) is 23.1 Å². The fourth-order valence-electron chi connectivity index (χ4n) is 2.01. The lowest BCUT2D eigenvalue weighted by Gasteiger charge is -2.23. The maximum absolute atomic E-state index is 11.1. The number of hydrogen-bond donors (Lipinski definition) is 2. The van der Waals surface area contributed by atoms with Crippen molar-refractivity contribution in [3.8, 4) is 5.75 Å². The zero-order chi connectivity index (χ0) is 13.8. The van der Waals surface area contributed by atoms with Gasteiger partial charge in [-0.2, -0.15) is 0 Å². The van der Waals surface area contributed by atoms with Crippen LogP contribution in [0.25, 0.3) is 0 Å². The number of rotatable bonds is 4. The van der Waals surface area contributed by atoms with Crippen LogP contribution < -0.4 is 15.8 Å². The van der Waals surface area contributed by atoms with E-state index in [1.54, 1.807) is 0 Å². The van der Waals surface area contributed by atoms with Crippen molar-refractivity contribution in [2.45, 2.75) is 18.9 Å². The third-order valence-electron chi connectivity index (χ3n) is 2.99. The number of carbonyl (C=O) groups excluding carboxylic acids is 1. The number of nitrogens with one attached hydrogen (secondary N) is 1. The number of nitro benzene ring substituents is 1. The summed E-state index contributed by atoms with van der Waals surface area (Å²) in [6.45, 7) is 1.56. The molecular weight excluding hydrogens is 250 g/mol. The summed E-state index contributed by atoms with van der Waals surface area (Å²) in [5.41, 5.74) is 5.21. The van der Waals surface area contributed by atoms with Crippen LogP contribution in [0, 0.1) is 10.1 Å². The van der Waals surface area contributed by atoms with Crippen molar-refractivity contribution >= 4 is 11.6 Å². The van der Waals surface area contributed by atoms with Gasteiger partial charge in [0.1, 0.15) is 6.10 Å². The Hall–Kier alpha value is -2.15. The second-order valence-electron chi connectivity index (χ2n) is 4.39. The SMILES string of the molecule is NC(=O)c1ccc([N+](=O)[O-])c(OC2CCCNC2)c1. The molecule has 0 aliphatic carbocycles. The maximum Gasteiger partial charge on any atom is 0.310 e. The third-order valence-corrected chi connectivity index (χ3v) is 2.99. The van der Waals surface area contributed by atoms with E-state index < -0.39 is 10.8 Å². The second-order valence-corrected chi connectivity index (χ2v) is 4.39. The van der Waals surface area contributed by atoms with Crippen molar-refractivity contribution in [3.63, 3.8) is 0 Å². The fourth-order valence-corrected chi connectivity index (χ4v) is 2.01. The number of ether oxygens (including phenoxy) is 1. The molecule has 0 spiro atoms. The standard InChI is InChI=1S/C12H15N3O4/c13-12(16)8-3-4-10(15(17)18)11(6-8)19-9-2-1-5-14-7-9/h3-4,6,9,14H,1-2,5,7H2,(H2,13,16). The predicted octanol–water partition coefficient (Wildman–Crippen LogP) is 0.824. The third kappa shape index (κ3) is 3.19. The van der Waals surface area contributed by atoms with Crippen LogP contribution in [-0.2, 0) is 0 Å². The first-order valence-electron chi connectivity index (χ1n) is 6.03. The van der Waals surface area contributed by atoms with Crippen LogP contribution in [0.1, 0.15) is 23.2 Å². The first kappa shape index (κ1) is 13.3. The van der Waals surface area contributed by atoms with Gasteiger partial charge in [-0.3, -0.25) is 14.9 Å². The molecule has 1 unspecified atom stereocenters. The molecule has 0 radical (unpaired) electrons. The Bertz CT molecular complexity index is 498. The van der Waals surface area contributed by atoms with Crippen molar-refractivity contribution in [3.05, 3.63) is 33.9 Å². The number of piperidine rings is 1. The van der Waals surface area contributed by atoms with Gasteiger partial charge in [-0.05, 0) is 25.5 Å². The second kappa shape index (κ2) is 5.66. The van der Waals surface area contributed by atoms with Gasteiger partial charge < -0.3 is 15.8 Å². The molecule has 1 heterocycles. The number of nitrogens with zero attached hydrogens (tertiary/aromatic N) is 1. The van der Waals surface area contributed by atoms with Crippen LogP contribution in [0.3, 0.4) is 0 Å². The molecule has 1 fully saturated rings. The van der Waals surface area contributed by atoms with Crippen LogP contribution in [0.15, 0.2) is 18.2 Å². The summed E-state index contributed by atoms with van der Waals surface area (Å²) >= 11 is 0. The minimum atomic E-state index is -0.637. The van der Waals surface area contributed by atoms with Gasteiger partial charge in [0.15, 0.2) is 5.75 Å². The van der Waals surface area contributed by atoms with E-state index in [0.29, 0.717) is 6.54 Å². The smallest absolute Gasteiger partial charge is 0.310 e. The van der Waals surface area contributed by atoms with Gasteiger partial charge in [-0.1, -0.05) is 0 Å². The predicted molar refractivity (Wildman–Crippen MR) is 68.1 cm³/mol. The molecule has 1 saturated heterocycles. The maximum atomic E-state index is 11.1. The summed E-state index contributed by atoms with van der Waals surface area (Å²) in [5, 5.41) is 14.1. The molecule has 3 N–H and O–H groups in total. The minimum Gasteiger partial charge on any atom is -0.482 e. The zero-order valence-electron chi connectivity index (χ0n) is 10.3. The molecule has 1 atom stereocenters. The molecule has 7 heteroatoms. The molecule has 1 amide bonds. The minimum absolute atomic E-state index is 0.0926. The fraction of sp³-hybridized carbons (Fsp3) is 0.417. The quantitative estimate of drug-likeness (QED) is 0.619. The lowest BCUT2D eigenvalue weighted by molar-refractivity contribution is -0.386. The number of nitrogens with two attached hydrogens (primary N) is 1. The van der Waals surface area contributed by atoms with Gasteiger partial charge in [-0.25, -0.2) is 0 Å². The van der Waals surface area contributed by atoms with E-state index >= 15 is 0 Å². The number of nitro groups is 1. The van der Waals surface area contributed by atoms with Gasteiger partial charge in [0.05, 0.1) is 4.92 Å². The molecule has 19 heavy (non-hydrogen) atoms. The molecule has 0 saturated carbocycles. The van der Waals surface area contributed by atoms with Crippen LogP contribution in [0.4, 0.5) is 5.69 Å². The average molecular weight is 265 g/mol. The van der Waals surface area contributed by atoms with Gasteiger partial charge in [-0.15, -0.1) is 0 Å². The van der Waals surface area contributed by atoms with E-state index in [2.05, 4.69) is 5.32 Å². The van der Waals surface area contributed by atoms with E-state index in [1.165, 1.54) is 18.2 Å². The summed E-state index contributed by atoms with van der Waals surface area (Å²) in [5.74, 6) is -0.545. The summed E-state index contributed by atoms with van der Waals surface area (Å²) < 4.78 is 5.63. The molecular formula is C12H15N3O4. The first-order chi connectivity index (χ1) is 9.08. The van der Waals surface area contributed by atoms with Gasteiger partial charge in [0, 0.05) is 24.2 Å². The highest BCUT2D eigenvalue weighted by atomic mass is 16.6. The Morgan fingerprint density at radius 3 is 2.89 bits per heavy atom. The van der Waals surface area contributed by atoms with E-state index in [1.807, 2.05) is 0 Å². The van der Waals surface area contributed by atoms with Crippen LogP contribution in [0.5, 0.6) is 5.75 Å². The van der Waals surface area contributed by atoms with E-state index in [9.17, 15) is 14.9 Å². The van der Waals surface area contributed by atoms with E-state index in [0.717, 1.165) is 19.4 Å². The Morgan fingerprint density at radius 2 is 2.32 bits per heavy atom. The Morgan fingerprint density at radius 1 is 1.53 bits per heavy atom. The highest BCUT2D eigenvalue weighted by Crippen LogP contribution is 2.29. The van der Waals surface area contributed by atoms with Crippen LogP contribution in [0.2, 0.25) is 0 Å². The largest absolute Gasteiger partial charge is 0.482 e. The first-order valence-corrected chi connectivity index (χ1v) is 6.03. The molecule has 1 aliphatic heterocycles. The molecule has 102 valence electrons. The molecule has 1 aliphatic rings. The van der Waals surface area contributed by atoms with Crippen LogP contribution >= 0.6 is 0 Å². The lowest BCUT2D eigenvalue weighted by Crippen LogP contribution is -2.37. The van der Waals surface area contributed by atoms with Crippen molar-refractivity contribution in [2.24, 2.45) is 5.73 Å². The average Bonchev–Trinajstić information content (AvgIpc) is 2.39. The molecule has 1 aromatic rings. The van der Waals surface area contributed by atoms with Crippen molar-refractivity contribution in [1.82, 2.24) is 5.32 Å². The Kier molecular flexibility index (Phi) is 3.96. The summed E-state index contributed by atoms with van der Waals surface area (Å²) in [6, 6.07) is 3.90. The van der Waals surface area contributed by atoms with Gasteiger partial charge >= 0.3 is 5.69 Å². The summed E-state index contributed by atoms with van der Waals surface area (Å²) in [6.07, 6.45) is 1.65. The molecule has 2 rings (SSSR count). The molecule has 1 aromatic carbocycles. The summed E-state index contributed by atoms with van der Waals surface area (Å²) in [4.78, 5) is 21.5. The van der Waals surface area contributed by atoms with Gasteiger partial charge in [0.25, 0.3) is 0 Å². The molecule has 0 bridgehead atoms. The monoisotopic (exact) mass is 265 g/mol. The van der Waals surface area contributed by atoms with Crippen molar-refractivity contribution < 1.29 is 14.5 Å². The lowest BCUT2D eigenvalue weighted by atomic mass is 10.1. The van der Waals surface area contributed by atoms with Gasteiger partial charge in [0.2, 0.25) is 5.91 Å². The van der Waals surface area contributed by atoms with Crippen molar-refractivity contribution in [1.29, 1.82) is 0 Å². The highest BCUT2D eigenvalue weighted by molar-refractivity contribution is 5.93. The Balaban J connectivity index is 2.26. The van der Waals surface area contributed by atoms with Crippen molar-refractivity contribution in [2.75, 3.05) is 13.1 Å². The summed E-state index contributed by atoms with van der Waals surface area (Å²) in [7, 11) is 0. The molecule has 7 nitrogen and oxygen atoms in total. The van der Waals surface area contributed by atoms with Crippen LogP contribution in [-0.4, -0.2) is 30.0 Å². The normalized spacial score (nSPS) is 18.8.